The van der Waals surface area contributed by atoms with E-state index in [1.165, 1.54) is 6.07 Å². The number of nitrogen functional groups attached to an aromatic ring is 1. The molecule has 0 bridgehead atoms. The number of nitrogens with one attached hydrogen (secondary N) is 1. The molecule has 7 heteroatoms. The second-order valence-electron chi connectivity index (χ2n) is 4.66. The topological polar surface area (TPSA) is 99.0 Å². The monoisotopic (exact) mass is 275 g/mol. The van der Waals surface area contributed by atoms with Crippen LogP contribution in [0.4, 0.5) is 17.1 Å². The standard InChI is InChI=1S/C13H17N5O2/c1-8-11(9(2)17(3)16-8)7-15-10-4-5-13(18(19)20)12(14)6-10/h4-6,15H,7,14H2,1-3H3. The normalized spacial score (nSPS) is 10.6. The number of aryl methyl sites for hydroxylation is 2. The van der Waals surface area contributed by atoms with Crippen molar-refractivity contribution in [3.05, 3.63) is 45.3 Å². The fraction of sp³-hybridized carbons (Fsp3) is 0.308. The second kappa shape index (κ2) is 5.20. The Labute approximate surface area is 116 Å². The second-order valence-corrected chi connectivity index (χ2v) is 4.66. The lowest BCUT2D eigenvalue weighted by atomic mass is 10.2. The van der Waals surface area contributed by atoms with E-state index in [9.17, 15) is 10.1 Å². The van der Waals surface area contributed by atoms with Gasteiger partial charge in [-0.05, 0) is 26.0 Å². The van der Waals surface area contributed by atoms with Crippen LogP contribution in [-0.4, -0.2) is 14.7 Å². The van der Waals surface area contributed by atoms with E-state index < -0.39 is 4.92 Å². The van der Waals surface area contributed by atoms with Crippen molar-refractivity contribution in [3.8, 4) is 0 Å². The van der Waals surface area contributed by atoms with Gasteiger partial charge in [0.25, 0.3) is 5.69 Å². The van der Waals surface area contributed by atoms with Crippen molar-refractivity contribution in [2.75, 3.05) is 11.1 Å². The molecule has 0 aliphatic rings. The molecule has 2 aromatic rings. The van der Waals surface area contributed by atoms with Crippen molar-refractivity contribution in [2.24, 2.45) is 7.05 Å². The summed E-state index contributed by atoms with van der Waals surface area (Å²) in [5.41, 5.74) is 9.64. The van der Waals surface area contributed by atoms with E-state index in [-0.39, 0.29) is 11.4 Å². The highest BCUT2D eigenvalue weighted by Gasteiger charge is 2.12. The number of benzene rings is 1. The minimum Gasteiger partial charge on any atom is -0.393 e. The molecule has 2 rings (SSSR count). The number of anilines is 2. The maximum atomic E-state index is 10.7. The van der Waals surface area contributed by atoms with Crippen LogP contribution in [0.2, 0.25) is 0 Å². The van der Waals surface area contributed by atoms with Crippen LogP contribution >= 0.6 is 0 Å². The van der Waals surface area contributed by atoms with Gasteiger partial charge in [-0.3, -0.25) is 14.8 Å². The molecule has 3 N–H and O–H groups in total. The molecule has 1 aromatic carbocycles. The van der Waals surface area contributed by atoms with Crippen molar-refractivity contribution in [1.29, 1.82) is 0 Å². The summed E-state index contributed by atoms with van der Waals surface area (Å²) in [4.78, 5) is 10.2. The Balaban J connectivity index is 2.15. The van der Waals surface area contributed by atoms with E-state index in [1.807, 2.05) is 25.6 Å². The van der Waals surface area contributed by atoms with Gasteiger partial charge in [0.15, 0.2) is 0 Å². The predicted octanol–water partition coefficient (Wildman–Crippen LogP) is 2.14. The maximum absolute atomic E-state index is 10.7. The van der Waals surface area contributed by atoms with Gasteiger partial charge in [-0.25, -0.2) is 0 Å². The highest BCUT2D eigenvalue weighted by atomic mass is 16.6. The van der Waals surface area contributed by atoms with E-state index >= 15 is 0 Å². The maximum Gasteiger partial charge on any atom is 0.292 e. The van der Waals surface area contributed by atoms with Gasteiger partial charge in [0.05, 0.1) is 10.6 Å². The molecular weight excluding hydrogens is 258 g/mol. The Bertz CT molecular complexity index is 663. The Kier molecular flexibility index (Phi) is 3.60. The van der Waals surface area contributed by atoms with Crippen molar-refractivity contribution < 1.29 is 4.92 Å². The number of nitro benzene ring substituents is 1. The highest BCUT2D eigenvalue weighted by Crippen LogP contribution is 2.25. The molecule has 0 saturated heterocycles. The third-order valence-electron chi connectivity index (χ3n) is 3.35. The number of nitrogens with zero attached hydrogens (tertiary/aromatic N) is 3. The van der Waals surface area contributed by atoms with Gasteiger partial charge in [-0.15, -0.1) is 0 Å². The molecule has 0 saturated carbocycles. The number of rotatable bonds is 4. The molecule has 7 nitrogen and oxygen atoms in total. The molecule has 0 atom stereocenters. The summed E-state index contributed by atoms with van der Waals surface area (Å²) in [6.07, 6.45) is 0. The zero-order chi connectivity index (χ0) is 14.9. The molecule has 0 aliphatic carbocycles. The lowest BCUT2D eigenvalue weighted by Crippen LogP contribution is -2.03. The average Bonchev–Trinajstić information content (AvgIpc) is 2.61. The first-order valence-corrected chi connectivity index (χ1v) is 6.17. The van der Waals surface area contributed by atoms with Crippen LogP contribution in [0.25, 0.3) is 0 Å². The lowest BCUT2D eigenvalue weighted by Gasteiger charge is -2.08. The van der Waals surface area contributed by atoms with Gasteiger partial charge in [0.1, 0.15) is 5.69 Å². The molecule has 106 valence electrons. The summed E-state index contributed by atoms with van der Waals surface area (Å²) in [6.45, 7) is 4.55. The molecule has 0 amide bonds. The van der Waals surface area contributed by atoms with Gasteiger partial charge in [0.2, 0.25) is 0 Å². The quantitative estimate of drug-likeness (QED) is 0.506. The lowest BCUT2D eigenvalue weighted by molar-refractivity contribution is -0.383. The summed E-state index contributed by atoms with van der Waals surface area (Å²) >= 11 is 0. The minimum atomic E-state index is -0.492. The first kappa shape index (κ1) is 13.9. The first-order valence-electron chi connectivity index (χ1n) is 6.17. The molecule has 20 heavy (non-hydrogen) atoms. The Morgan fingerprint density at radius 3 is 2.65 bits per heavy atom. The van der Waals surface area contributed by atoms with Gasteiger partial charge in [0, 0.05) is 36.6 Å². The van der Waals surface area contributed by atoms with Gasteiger partial charge in [-0.1, -0.05) is 0 Å². The third-order valence-corrected chi connectivity index (χ3v) is 3.35. The summed E-state index contributed by atoms with van der Waals surface area (Å²) in [7, 11) is 1.90. The molecule has 0 fully saturated rings. The number of hydrogen-bond donors (Lipinski definition) is 2. The summed E-state index contributed by atoms with van der Waals surface area (Å²) < 4.78 is 1.83. The number of nitro groups is 1. The largest absolute Gasteiger partial charge is 0.393 e. The van der Waals surface area contributed by atoms with E-state index in [0.29, 0.717) is 6.54 Å². The zero-order valence-corrected chi connectivity index (χ0v) is 11.7. The van der Waals surface area contributed by atoms with E-state index in [2.05, 4.69) is 10.4 Å². The van der Waals surface area contributed by atoms with Crippen LogP contribution in [0.3, 0.4) is 0 Å². The predicted molar refractivity (Wildman–Crippen MR) is 77.5 cm³/mol. The van der Waals surface area contributed by atoms with E-state index in [0.717, 1.165) is 22.6 Å². The Morgan fingerprint density at radius 1 is 1.45 bits per heavy atom. The average molecular weight is 275 g/mol. The van der Waals surface area contributed by atoms with Crippen LogP contribution in [0, 0.1) is 24.0 Å². The molecule has 1 heterocycles. The Hall–Kier alpha value is -2.57. The Morgan fingerprint density at radius 2 is 2.15 bits per heavy atom. The van der Waals surface area contributed by atoms with Crippen LogP contribution in [0.15, 0.2) is 18.2 Å². The summed E-state index contributed by atoms with van der Waals surface area (Å²) in [6, 6.07) is 4.62. The van der Waals surface area contributed by atoms with Crippen LogP contribution in [0.5, 0.6) is 0 Å². The number of nitrogens with two attached hydrogens (primary N) is 1. The molecule has 0 unspecified atom stereocenters. The van der Waals surface area contributed by atoms with Crippen molar-refractivity contribution in [1.82, 2.24) is 9.78 Å². The molecule has 0 aliphatic heterocycles. The van der Waals surface area contributed by atoms with Crippen molar-refractivity contribution >= 4 is 17.1 Å². The van der Waals surface area contributed by atoms with Gasteiger partial charge >= 0.3 is 0 Å². The van der Waals surface area contributed by atoms with Gasteiger partial charge in [-0.2, -0.15) is 5.10 Å². The first-order chi connectivity index (χ1) is 9.40. The number of hydrogen-bond acceptors (Lipinski definition) is 5. The van der Waals surface area contributed by atoms with Crippen molar-refractivity contribution in [3.63, 3.8) is 0 Å². The fourth-order valence-electron chi connectivity index (χ4n) is 2.09. The minimum absolute atomic E-state index is 0.0794. The van der Waals surface area contributed by atoms with Crippen LogP contribution in [0.1, 0.15) is 17.0 Å². The van der Waals surface area contributed by atoms with Crippen LogP contribution in [-0.2, 0) is 13.6 Å². The van der Waals surface area contributed by atoms with Crippen LogP contribution < -0.4 is 11.1 Å². The van der Waals surface area contributed by atoms with E-state index in [4.69, 9.17) is 5.73 Å². The fourth-order valence-corrected chi connectivity index (χ4v) is 2.09. The SMILES string of the molecule is Cc1nn(C)c(C)c1CNc1ccc([N+](=O)[O-])c(N)c1. The number of aromatic nitrogens is 2. The molecular formula is C13H17N5O2. The third kappa shape index (κ3) is 2.56. The molecule has 1 aromatic heterocycles. The van der Waals surface area contributed by atoms with E-state index in [1.54, 1.807) is 12.1 Å². The molecule has 0 radical (unpaired) electrons. The highest BCUT2D eigenvalue weighted by molar-refractivity contribution is 5.65. The summed E-state index contributed by atoms with van der Waals surface area (Å²) in [5.74, 6) is 0. The zero-order valence-electron chi connectivity index (χ0n) is 11.7. The van der Waals surface area contributed by atoms with Gasteiger partial charge < -0.3 is 11.1 Å². The smallest absolute Gasteiger partial charge is 0.292 e. The molecule has 0 spiro atoms. The van der Waals surface area contributed by atoms with Crippen molar-refractivity contribution in [2.45, 2.75) is 20.4 Å². The summed E-state index contributed by atoms with van der Waals surface area (Å²) in [5, 5.41) is 18.2.